The van der Waals surface area contributed by atoms with Gasteiger partial charge in [0.15, 0.2) is 10.8 Å². The number of hydrogen-bond donors (Lipinski definition) is 0. The zero-order chi connectivity index (χ0) is 16.4. The quantitative estimate of drug-likeness (QED) is 0.711. The topological polar surface area (TPSA) is 61.5 Å². The largest absolute Gasteiger partial charge is 0.374 e. The number of fused-ring (bicyclic) bond motifs is 1. The van der Waals surface area contributed by atoms with Crippen LogP contribution in [-0.2, 0) is 16.1 Å². The van der Waals surface area contributed by atoms with Gasteiger partial charge in [0.05, 0.1) is 31.2 Å². The second-order valence-corrected chi connectivity index (χ2v) is 6.15. The van der Waals surface area contributed by atoms with Gasteiger partial charge in [-0.05, 0) is 18.4 Å². The van der Waals surface area contributed by atoms with Crippen LogP contribution in [0.3, 0.4) is 0 Å². The molecule has 3 aromatic rings. The summed E-state index contributed by atoms with van der Waals surface area (Å²) < 4.78 is 13.6. The van der Waals surface area contributed by atoms with Crippen LogP contribution in [0.1, 0.15) is 30.2 Å². The zero-order valence-corrected chi connectivity index (χ0v) is 13.8. The van der Waals surface area contributed by atoms with Gasteiger partial charge >= 0.3 is 0 Å². The summed E-state index contributed by atoms with van der Waals surface area (Å²) in [6.07, 6.45) is 5.09. The molecule has 24 heavy (non-hydrogen) atoms. The third-order valence-electron chi connectivity index (χ3n) is 4.14. The highest BCUT2D eigenvalue weighted by molar-refractivity contribution is 6.32. The molecule has 3 heterocycles. The smallest absolute Gasteiger partial charge is 0.191 e. The number of benzene rings is 1. The van der Waals surface area contributed by atoms with Gasteiger partial charge in [-0.25, -0.2) is 14.5 Å². The van der Waals surface area contributed by atoms with Crippen LogP contribution in [0.4, 0.5) is 0 Å². The highest BCUT2D eigenvalue weighted by atomic mass is 35.5. The number of imidazole rings is 1. The summed E-state index contributed by atoms with van der Waals surface area (Å²) in [5.74, 6) is 0. The first-order valence-corrected chi connectivity index (χ1v) is 8.30. The molecular weight excluding hydrogens is 328 g/mol. The molecule has 7 heteroatoms. The number of nitrogens with zero attached hydrogens (tertiary/aromatic N) is 4. The van der Waals surface area contributed by atoms with Crippen molar-refractivity contribution in [3.05, 3.63) is 59.3 Å². The van der Waals surface area contributed by atoms with Crippen molar-refractivity contribution >= 4 is 17.2 Å². The Morgan fingerprint density at radius 1 is 1.21 bits per heavy atom. The first kappa shape index (κ1) is 15.5. The number of halogens is 1. The average molecular weight is 345 g/mol. The van der Waals surface area contributed by atoms with Crippen LogP contribution in [0.15, 0.2) is 42.9 Å². The Kier molecular flexibility index (Phi) is 4.42. The summed E-state index contributed by atoms with van der Waals surface area (Å²) >= 11 is 6.04. The monoisotopic (exact) mass is 344 g/mol. The minimum Gasteiger partial charge on any atom is -0.374 e. The van der Waals surface area contributed by atoms with Gasteiger partial charge in [0.1, 0.15) is 12.4 Å². The van der Waals surface area contributed by atoms with Crippen molar-refractivity contribution in [3.8, 4) is 0 Å². The standard InChI is InChI=1S/C17H17ClN4O2/c18-16-17-19-8-14(22(17)21-11-20-16)15-7-6-13(24-15)10-23-9-12-4-2-1-3-5-12/h1-5,8,11,13,15H,6-7,9-10H2/t13-,15+/m0/s1. The fourth-order valence-corrected chi connectivity index (χ4v) is 3.13. The van der Waals surface area contributed by atoms with E-state index in [1.807, 2.05) is 18.2 Å². The lowest BCUT2D eigenvalue weighted by molar-refractivity contribution is -0.0221. The SMILES string of the molecule is Clc1ncnn2c([C@H]3CC[C@@H](COCc4ccccc4)O3)cnc12. The zero-order valence-electron chi connectivity index (χ0n) is 13.0. The van der Waals surface area contributed by atoms with Gasteiger partial charge in [-0.15, -0.1) is 0 Å². The van der Waals surface area contributed by atoms with E-state index in [1.54, 1.807) is 10.7 Å². The van der Waals surface area contributed by atoms with E-state index < -0.39 is 0 Å². The highest BCUT2D eigenvalue weighted by Crippen LogP contribution is 2.33. The second kappa shape index (κ2) is 6.84. The normalized spacial score (nSPS) is 20.7. The fourth-order valence-electron chi connectivity index (χ4n) is 2.95. The minimum atomic E-state index is -0.0451. The lowest BCUT2D eigenvalue weighted by atomic mass is 10.1. The summed E-state index contributed by atoms with van der Waals surface area (Å²) in [6.45, 7) is 1.18. The van der Waals surface area contributed by atoms with Crippen molar-refractivity contribution in [1.29, 1.82) is 0 Å². The van der Waals surface area contributed by atoms with Crippen molar-refractivity contribution in [2.24, 2.45) is 0 Å². The molecule has 1 aliphatic rings. The van der Waals surface area contributed by atoms with Crippen LogP contribution in [-0.4, -0.2) is 32.3 Å². The molecule has 124 valence electrons. The van der Waals surface area contributed by atoms with E-state index in [4.69, 9.17) is 21.1 Å². The third-order valence-corrected chi connectivity index (χ3v) is 4.41. The molecule has 0 unspecified atom stereocenters. The van der Waals surface area contributed by atoms with E-state index in [1.165, 1.54) is 11.9 Å². The Labute approximate surface area is 144 Å². The first-order valence-electron chi connectivity index (χ1n) is 7.92. The van der Waals surface area contributed by atoms with Gasteiger partial charge in [0.2, 0.25) is 0 Å². The molecule has 1 aliphatic heterocycles. The Balaban J connectivity index is 1.37. The molecule has 0 radical (unpaired) electrons. The predicted molar refractivity (Wildman–Crippen MR) is 88.7 cm³/mol. The van der Waals surface area contributed by atoms with E-state index in [0.29, 0.717) is 24.0 Å². The lowest BCUT2D eigenvalue weighted by Gasteiger charge is -2.13. The molecule has 0 spiro atoms. The predicted octanol–water partition coefficient (Wildman–Crippen LogP) is 3.21. The molecule has 6 nitrogen and oxygen atoms in total. The van der Waals surface area contributed by atoms with Gasteiger partial charge < -0.3 is 9.47 Å². The average Bonchev–Trinajstić information content (AvgIpc) is 3.23. The van der Waals surface area contributed by atoms with Gasteiger partial charge in [0.25, 0.3) is 0 Å². The third kappa shape index (κ3) is 3.13. The molecule has 0 amide bonds. The van der Waals surface area contributed by atoms with Crippen molar-refractivity contribution in [2.45, 2.75) is 31.7 Å². The summed E-state index contributed by atoms with van der Waals surface area (Å²) in [5.41, 5.74) is 2.63. The summed E-state index contributed by atoms with van der Waals surface area (Å²) in [4.78, 5) is 8.23. The molecule has 1 saturated heterocycles. The Morgan fingerprint density at radius 3 is 2.96 bits per heavy atom. The van der Waals surface area contributed by atoms with E-state index in [0.717, 1.165) is 18.5 Å². The van der Waals surface area contributed by atoms with Crippen LogP contribution in [0.25, 0.3) is 5.65 Å². The highest BCUT2D eigenvalue weighted by Gasteiger charge is 2.29. The molecule has 0 N–H and O–H groups in total. The molecule has 1 aromatic carbocycles. The number of aromatic nitrogens is 4. The Hall–Kier alpha value is -2.02. The Morgan fingerprint density at radius 2 is 2.08 bits per heavy atom. The van der Waals surface area contributed by atoms with Gasteiger partial charge in [-0.2, -0.15) is 5.10 Å². The molecular formula is C17H17ClN4O2. The van der Waals surface area contributed by atoms with E-state index in [2.05, 4.69) is 27.2 Å². The second-order valence-electron chi connectivity index (χ2n) is 5.79. The molecule has 4 rings (SSSR count). The van der Waals surface area contributed by atoms with Gasteiger partial charge in [0, 0.05) is 0 Å². The van der Waals surface area contributed by atoms with Crippen LogP contribution >= 0.6 is 11.6 Å². The van der Waals surface area contributed by atoms with Gasteiger partial charge in [-0.1, -0.05) is 41.9 Å². The summed E-state index contributed by atoms with van der Waals surface area (Å²) in [7, 11) is 0. The van der Waals surface area contributed by atoms with E-state index in [-0.39, 0.29) is 12.2 Å². The molecule has 2 atom stereocenters. The van der Waals surface area contributed by atoms with Crippen LogP contribution < -0.4 is 0 Å². The molecule has 0 saturated carbocycles. The molecule has 2 aromatic heterocycles. The van der Waals surface area contributed by atoms with Crippen molar-refractivity contribution in [3.63, 3.8) is 0 Å². The maximum atomic E-state index is 6.10. The molecule has 0 bridgehead atoms. The number of hydrogen-bond acceptors (Lipinski definition) is 5. The Bertz CT molecular complexity index is 824. The van der Waals surface area contributed by atoms with E-state index in [9.17, 15) is 0 Å². The van der Waals surface area contributed by atoms with Crippen LogP contribution in [0.5, 0.6) is 0 Å². The fraction of sp³-hybridized carbons (Fsp3) is 0.353. The van der Waals surface area contributed by atoms with Crippen molar-refractivity contribution < 1.29 is 9.47 Å². The summed E-state index contributed by atoms with van der Waals surface area (Å²) in [5, 5.41) is 4.57. The van der Waals surface area contributed by atoms with Crippen LogP contribution in [0.2, 0.25) is 5.15 Å². The maximum absolute atomic E-state index is 6.10. The minimum absolute atomic E-state index is 0.0451. The van der Waals surface area contributed by atoms with Crippen molar-refractivity contribution in [1.82, 2.24) is 19.6 Å². The van der Waals surface area contributed by atoms with E-state index >= 15 is 0 Å². The number of ether oxygens (including phenoxy) is 2. The van der Waals surface area contributed by atoms with Gasteiger partial charge in [-0.3, -0.25) is 0 Å². The number of rotatable bonds is 5. The lowest BCUT2D eigenvalue weighted by Crippen LogP contribution is -2.15. The maximum Gasteiger partial charge on any atom is 0.191 e. The van der Waals surface area contributed by atoms with Crippen LogP contribution in [0, 0.1) is 0 Å². The van der Waals surface area contributed by atoms with Crippen molar-refractivity contribution in [2.75, 3.05) is 6.61 Å². The molecule has 0 aliphatic carbocycles. The summed E-state index contributed by atoms with van der Waals surface area (Å²) in [6, 6.07) is 10.1. The first-order chi connectivity index (χ1) is 11.8. The molecule has 1 fully saturated rings.